The van der Waals surface area contributed by atoms with Gasteiger partial charge < -0.3 is 20.1 Å². The third-order valence-corrected chi connectivity index (χ3v) is 3.75. The highest BCUT2D eigenvalue weighted by Gasteiger charge is 2.22. The highest BCUT2D eigenvalue weighted by atomic mass is 16.5. The van der Waals surface area contributed by atoms with E-state index in [9.17, 15) is 14.4 Å². The maximum atomic E-state index is 12.0. The van der Waals surface area contributed by atoms with Gasteiger partial charge >= 0.3 is 5.97 Å². The first kappa shape index (κ1) is 21.5. The topological polar surface area (TPSA) is 93.7 Å². The van der Waals surface area contributed by atoms with E-state index in [1.54, 1.807) is 31.4 Å². The summed E-state index contributed by atoms with van der Waals surface area (Å²) in [6, 6.07) is 6.14. The minimum absolute atomic E-state index is 0.208. The molecule has 1 atom stereocenters. The van der Waals surface area contributed by atoms with Crippen molar-refractivity contribution in [3.63, 3.8) is 0 Å². The Kier molecular flexibility index (Phi) is 9.19. The van der Waals surface area contributed by atoms with Crippen molar-refractivity contribution in [2.75, 3.05) is 20.8 Å². The molecule has 0 saturated heterocycles. The Balaban J connectivity index is 2.35. The Labute approximate surface area is 154 Å². The van der Waals surface area contributed by atoms with Crippen LogP contribution in [0.3, 0.4) is 0 Å². The molecule has 0 aliphatic carbocycles. The number of amides is 2. The Morgan fingerprint density at radius 2 is 1.73 bits per heavy atom. The summed E-state index contributed by atoms with van der Waals surface area (Å²) < 4.78 is 9.76. The molecule has 0 radical (unpaired) electrons. The van der Waals surface area contributed by atoms with Crippen LogP contribution in [0.5, 0.6) is 5.75 Å². The molecule has 1 rings (SSSR count). The zero-order chi connectivity index (χ0) is 19.5. The van der Waals surface area contributed by atoms with Gasteiger partial charge in [-0.25, -0.2) is 4.79 Å². The number of carbonyl (C=O) groups excluding carboxylic acids is 3. The molecule has 0 bridgehead atoms. The summed E-state index contributed by atoms with van der Waals surface area (Å²) in [6.07, 6.45) is 1.21. The van der Waals surface area contributed by atoms with E-state index >= 15 is 0 Å². The lowest BCUT2D eigenvalue weighted by Crippen LogP contribution is -2.42. The third kappa shape index (κ3) is 7.55. The number of esters is 1. The van der Waals surface area contributed by atoms with Crippen LogP contribution in [-0.4, -0.2) is 44.6 Å². The van der Waals surface area contributed by atoms with Crippen molar-refractivity contribution in [2.24, 2.45) is 5.92 Å². The van der Waals surface area contributed by atoms with Crippen LogP contribution in [0.1, 0.15) is 43.5 Å². The number of hydrogen-bond acceptors (Lipinski definition) is 5. The van der Waals surface area contributed by atoms with Crippen LogP contribution < -0.4 is 15.4 Å². The summed E-state index contributed by atoms with van der Waals surface area (Å²) in [5, 5.41) is 5.45. The Morgan fingerprint density at radius 1 is 1.08 bits per heavy atom. The van der Waals surface area contributed by atoms with Gasteiger partial charge in [0.25, 0.3) is 5.91 Å². The molecule has 0 saturated carbocycles. The molecule has 0 unspecified atom stereocenters. The van der Waals surface area contributed by atoms with Gasteiger partial charge in [-0.3, -0.25) is 9.59 Å². The number of nitrogens with one attached hydrogen (secondary N) is 2. The summed E-state index contributed by atoms with van der Waals surface area (Å²) >= 11 is 0. The molecule has 0 spiro atoms. The molecule has 144 valence electrons. The van der Waals surface area contributed by atoms with E-state index in [4.69, 9.17) is 9.47 Å². The first-order chi connectivity index (χ1) is 12.4. The number of hydrogen-bond donors (Lipinski definition) is 2. The number of ether oxygens (including phenoxy) is 2. The lowest BCUT2D eigenvalue weighted by atomic mass is 10.0. The fourth-order valence-electron chi connectivity index (χ4n) is 2.39. The summed E-state index contributed by atoms with van der Waals surface area (Å²) in [7, 11) is 2.86. The standard InChI is InChI=1S/C19H28N2O5/c1-13(2)12-16(19(24)26-4)21-17(22)6-5-11-20-18(23)14-7-9-15(25-3)10-8-14/h7-10,13,16H,5-6,11-12H2,1-4H3,(H,20,23)(H,21,22)/t16-/m1/s1. The summed E-state index contributed by atoms with van der Waals surface area (Å²) in [4.78, 5) is 35.7. The molecule has 7 heteroatoms. The zero-order valence-electron chi connectivity index (χ0n) is 15.8. The van der Waals surface area contributed by atoms with Crippen molar-refractivity contribution >= 4 is 17.8 Å². The van der Waals surface area contributed by atoms with Crippen molar-refractivity contribution < 1.29 is 23.9 Å². The number of rotatable bonds is 10. The maximum absolute atomic E-state index is 12.0. The molecule has 0 fully saturated rings. The van der Waals surface area contributed by atoms with Crippen LogP contribution in [0.25, 0.3) is 0 Å². The largest absolute Gasteiger partial charge is 0.497 e. The van der Waals surface area contributed by atoms with Gasteiger partial charge in [-0.2, -0.15) is 0 Å². The minimum atomic E-state index is -0.638. The van der Waals surface area contributed by atoms with E-state index in [0.29, 0.717) is 30.7 Å². The van der Waals surface area contributed by atoms with Crippen molar-refractivity contribution in [2.45, 2.75) is 39.2 Å². The highest BCUT2D eigenvalue weighted by molar-refractivity contribution is 5.94. The van der Waals surface area contributed by atoms with E-state index < -0.39 is 12.0 Å². The second kappa shape index (κ2) is 11.1. The van der Waals surface area contributed by atoms with Crippen LogP contribution in [0.4, 0.5) is 0 Å². The van der Waals surface area contributed by atoms with E-state index in [-0.39, 0.29) is 24.2 Å². The normalized spacial score (nSPS) is 11.6. The Morgan fingerprint density at radius 3 is 2.27 bits per heavy atom. The van der Waals surface area contributed by atoms with Gasteiger partial charge in [0.05, 0.1) is 14.2 Å². The van der Waals surface area contributed by atoms with Crippen molar-refractivity contribution in [3.05, 3.63) is 29.8 Å². The predicted molar refractivity (Wildman–Crippen MR) is 98.0 cm³/mol. The van der Waals surface area contributed by atoms with Gasteiger partial charge in [0, 0.05) is 18.5 Å². The molecule has 0 aromatic heterocycles. The van der Waals surface area contributed by atoms with E-state index in [0.717, 1.165) is 0 Å². The summed E-state index contributed by atoms with van der Waals surface area (Å²) in [5.41, 5.74) is 0.526. The molecule has 2 amide bonds. The maximum Gasteiger partial charge on any atom is 0.328 e. The summed E-state index contributed by atoms with van der Waals surface area (Å²) in [6.45, 7) is 4.30. The SMILES string of the molecule is COC(=O)[C@@H](CC(C)C)NC(=O)CCCNC(=O)c1ccc(OC)cc1. The minimum Gasteiger partial charge on any atom is -0.497 e. The van der Waals surface area contributed by atoms with Crippen molar-refractivity contribution in [1.29, 1.82) is 0 Å². The van der Waals surface area contributed by atoms with Crippen molar-refractivity contribution in [3.8, 4) is 5.75 Å². The van der Waals surface area contributed by atoms with Gasteiger partial charge in [-0.05, 0) is 43.0 Å². The average Bonchev–Trinajstić information content (AvgIpc) is 2.63. The van der Waals surface area contributed by atoms with Crippen LogP contribution in [0.2, 0.25) is 0 Å². The highest BCUT2D eigenvalue weighted by Crippen LogP contribution is 2.11. The number of methoxy groups -OCH3 is 2. The molecule has 0 heterocycles. The monoisotopic (exact) mass is 364 g/mol. The fraction of sp³-hybridized carbons (Fsp3) is 0.526. The first-order valence-corrected chi connectivity index (χ1v) is 8.66. The summed E-state index contributed by atoms with van der Waals surface area (Å²) in [5.74, 6) is 0.0443. The van der Waals surface area contributed by atoms with Gasteiger partial charge in [0.15, 0.2) is 0 Å². The second-order valence-electron chi connectivity index (χ2n) is 6.36. The van der Waals surface area contributed by atoms with Crippen molar-refractivity contribution in [1.82, 2.24) is 10.6 Å². The molecule has 7 nitrogen and oxygen atoms in total. The van der Waals surface area contributed by atoms with Gasteiger partial charge in [-0.1, -0.05) is 13.8 Å². The molecule has 1 aromatic rings. The predicted octanol–water partition coefficient (Wildman–Crippen LogP) is 1.91. The quantitative estimate of drug-likeness (QED) is 0.489. The van der Waals surface area contributed by atoms with E-state index in [2.05, 4.69) is 10.6 Å². The van der Waals surface area contributed by atoms with Crippen LogP contribution in [0.15, 0.2) is 24.3 Å². The van der Waals surface area contributed by atoms with E-state index in [1.165, 1.54) is 7.11 Å². The molecule has 1 aromatic carbocycles. The van der Waals surface area contributed by atoms with Gasteiger partial charge in [0.1, 0.15) is 11.8 Å². The Hall–Kier alpha value is -2.57. The lowest BCUT2D eigenvalue weighted by molar-refractivity contribution is -0.145. The fourth-order valence-corrected chi connectivity index (χ4v) is 2.39. The lowest BCUT2D eigenvalue weighted by Gasteiger charge is -2.18. The Bertz CT molecular complexity index is 598. The third-order valence-electron chi connectivity index (χ3n) is 3.75. The smallest absolute Gasteiger partial charge is 0.328 e. The molecular formula is C19H28N2O5. The average molecular weight is 364 g/mol. The number of carbonyl (C=O) groups is 3. The molecule has 0 aliphatic rings. The van der Waals surface area contributed by atoms with E-state index in [1.807, 2.05) is 13.8 Å². The van der Waals surface area contributed by atoms with Gasteiger partial charge in [-0.15, -0.1) is 0 Å². The molecule has 26 heavy (non-hydrogen) atoms. The van der Waals surface area contributed by atoms with Crippen LogP contribution in [0, 0.1) is 5.92 Å². The molecule has 0 aliphatic heterocycles. The van der Waals surface area contributed by atoms with Gasteiger partial charge in [0.2, 0.25) is 5.91 Å². The molecular weight excluding hydrogens is 336 g/mol. The molecule has 2 N–H and O–H groups in total. The zero-order valence-corrected chi connectivity index (χ0v) is 15.8. The number of benzene rings is 1. The van der Waals surface area contributed by atoms with Crippen LogP contribution >= 0.6 is 0 Å². The second-order valence-corrected chi connectivity index (χ2v) is 6.36. The first-order valence-electron chi connectivity index (χ1n) is 8.66. The van der Waals surface area contributed by atoms with Crippen LogP contribution in [-0.2, 0) is 14.3 Å².